The fourth-order valence-electron chi connectivity index (χ4n) is 2.55. The Kier molecular flexibility index (Phi) is 5.79. The van der Waals surface area contributed by atoms with Crippen molar-refractivity contribution in [3.05, 3.63) is 35.4 Å². The number of hydrogen-bond donors (Lipinski definition) is 2. The fraction of sp³-hybridized carbons (Fsp3) is 0.533. The van der Waals surface area contributed by atoms with Crippen LogP contribution in [0.5, 0.6) is 0 Å². The molecule has 0 saturated carbocycles. The third-order valence-corrected chi connectivity index (χ3v) is 4.46. The lowest BCUT2D eigenvalue weighted by atomic mass is 10.1. The number of urea groups is 1. The number of nitrogens with one attached hydrogen (secondary N) is 1. The molecule has 0 spiro atoms. The normalized spacial score (nSPS) is 16.1. The predicted molar refractivity (Wildman–Crippen MR) is 85.5 cm³/mol. The number of primary sulfonamides is 1. The molecule has 0 aromatic heterocycles. The van der Waals surface area contributed by atoms with Crippen LogP contribution in [0.1, 0.15) is 36.8 Å². The molecule has 1 aliphatic heterocycles. The van der Waals surface area contributed by atoms with Crippen molar-refractivity contribution in [1.29, 1.82) is 0 Å². The second-order valence-electron chi connectivity index (χ2n) is 5.68. The van der Waals surface area contributed by atoms with Crippen LogP contribution in [0.4, 0.5) is 4.79 Å². The van der Waals surface area contributed by atoms with Gasteiger partial charge >= 0.3 is 6.03 Å². The number of sulfonamides is 1. The third kappa shape index (κ3) is 5.65. The molecule has 3 N–H and O–H groups in total. The molecule has 2 rings (SSSR count). The first-order chi connectivity index (χ1) is 10.4. The van der Waals surface area contributed by atoms with Crippen LogP contribution in [0.15, 0.2) is 24.3 Å². The van der Waals surface area contributed by atoms with Gasteiger partial charge in [0.15, 0.2) is 0 Å². The molecule has 1 saturated heterocycles. The summed E-state index contributed by atoms with van der Waals surface area (Å²) in [7, 11) is -3.51. The zero-order valence-corrected chi connectivity index (χ0v) is 13.4. The molecule has 0 aliphatic carbocycles. The van der Waals surface area contributed by atoms with Crippen molar-refractivity contribution in [3.63, 3.8) is 0 Å². The monoisotopic (exact) mass is 325 g/mol. The molecule has 1 aliphatic rings. The number of benzene rings is 1. The first-order valence-electron chi connectivity index (χ1n) is 7.55. The van der Waals surface area contributed by atoms with E-state index in [0.717, 1.165) is 31.5 Å². The highest BCUT2D eigenvalue weighted by molar-refractivity contribution is 7.88. The Morgan fingerprint density at radius 1 is 1.05 bits per heavy atom. The molecule has 1 aromatic carbocycles. The minimum atomic E-state index is -3.51. The van der Waals surface area contributed by atoms with Crippen molar-refractivity contribution in [2.45, 2.75) is 38.0 Å². The SMILES string of the molecule is NS(=O)(=O)Cc1ccc(CNC(=O)N2CCCCCC2)cc1. The van der Waals surface area contributed by atoms with E-state index in [0.29, 0.717) is 12.1 Å². The Morgan fingerprint density at radius 3 is 2.14 bits per heavy atom. The van der Waals surface area contributed by atoms with Gasteiger partial charge in [0, 0.05) is 19.6 Å². The summed E-state index contributed by atoms with van der Waals surface area (Å²) in [6.45, 7) is 2.07. The summed E-state index contributed by atoms with van der Waals surface area (Å²) in [5, 5.41) is 7.92. The minimum absolute atomic E-state index is 0.0319. The Morgan fingerprint density at radius 2 is 1.59 bits per heavy atom. The standard InChI is InChI=1S/C15H23N3O3S/c16-22(20,21)12-14-7-5-13(6-8-14)11-17-15(19)18-9-3-1-2-4-10-18/h5-8H,1-4,9-12H2,(H,17,19)(H2,16,20,21). The van der Waals surface area contributed by atoms with E-state index in [1.807, 2.05) is 17.0 Å². The van der Waals surface area contributed by atoms with Crippen LogP contribution in [-0.4, -0.2) is 32.4 Å². The Hall–Kier alpha value is -1.60. The van der Waals surface area contributed by atoms with Gasteiger partial charge in [-0.05, 0) is 24.0 Å². The molecular formula is C15H23N3O3S. The molecule has 0 radical (unpaired) electrons. The summed E-state index contributed by atoms with van der Waals surface area (Å²) in [5.41, 5.74) is 1.58. The maximum Gasteiger partial charge on any atom is 0.317 e. The van der Waals surface area contributed by atoms with Crippen molar-refractivity contribution >= 4 is 16.1 Å². The van der Waals surface area contributed by atoms with Crippen molar-refractivity contribution in [2.24, 2.45) is 5.14 Å². The summed E-state index contributed by atoms with van der Waals surface area (Å²) in [4.78, 5) is 14.0. The summed E-state index contributed by atoms with van der Waals surface area (Å²) in [6, 6.07) is 7.03. The average Bonchev–Trinajstić information content (AvgIpc) is 2.74. The smallest absolute Gasteiger partial charge is 0.317 e. The molecule has 6 nitrogen and oxygen atoms in total. The van der Waals surface area contributed by atoms with E-state index in [1.54, 1.807) is 12.1 Å². The van der Waals surface area contributed by atoms with Gasteiger partial charge in [-0.3, -0.25) is 0 Å². The maximum atomic E-state index is 12.1. The molecule has 122 valence electrons. The lowest BCUT2D eigenvalue weighted by Crippen LogP contribution is -2.40. The topological polar surface area (TPSA) is 92.5 Å². The number of nitrogens with zero attached hydrogens (tertiary/aromatic N) is 1. The number of likely N-dealkylation sites (tertiary alicyclic amines) is 1. The number of carbonyl (C=O) groups excluding carboxylic acids is 1. The van der Waals surface area contributed by atoms with E-state index < -0.39 is 10.0 Å². The second kappa shape index (κ2) is 7.60. The van der Waals surface area contributed by atoms with E-state index in [2.05, 4.69) is 5.32 Å². The van der Waals surface area contributed by atoms with Crippen LogP contribution in [0.3, 0.4) is 0 Å². The molecule has 22 heavy (non-hydrogen) atoms. The molecule has 1 fully saturated rings. The van der Waals surface area contributed by atoms with Crippen LogP contribution < -0.4 is 10.5 Å². The van der Waals surface area contributed by atoms with Gasteiger partial charge in [-0.15, -0.1) is 0 Å². The van der Waals surface area contributed by atoms with Gasteiger partial charge in [-0.25, -0.2) is 18.4 Å². The van der Waals surface area contributed by atoms with Crippen LogP contribution in [0.25, 0.3) is 0 Å². The van der Waals surface area contributed by atoms with Gasteiger partial charge in [0.25, 0.3) is 0 Å². The summed E-state index contributed by atoms with van der Waals surface area (Å²) in [5.74, 6) is -0.173. The van der Waals surface area contributed by atoms with Crippen molar-refractivity contribution in [1.82, 2.24) is 10.2 Å². The van der Waals surface area contributed by atoms with E-state index in [9.17, 15) is 13.2 Å². The molecule has 0 bridgehead atoms. The number of nitrogens with two attached hydrogens (primary N) is 1. The molecule has 0 unspecified atom stereocenters. The van der Waals surface area contributed by atoms with Gasteiger partial charge in [-0.1, -0.05) is 37.1 Å². The fourth-order valence-corrected chi connectivity index (χ4v) is 3.21. The predicted octanol–water partition coefficient (Wildman–Crippen LogP) is 1.56. The molecule has 7 heteroatoms. The summed E-state index contributed by atoms with van der Waals surface area (Å²) in [6.07, 6.45) is 4.51. The van der Waals surface area contributed by atoms with E-state index in [1.165, 1.54) is 12.8 Å². The van der Waals surface area contributed by atoms with Gasteiger partial charge in [0.2, 0.25) is 10.0 Å². The number of carbonyl (C=O) groups is 1. The first-order valence-corrected chi connectivity index (χ1v) is 9.27. The summed E-state index contributed by atoms with van der Waals surface area (Å²) < 4.78 is 22.0. The number of amides is 2. The van der Waals surface area contributed by atoms with Gasteiger partial charge in [0.1, 0.15) is 0 Å². The number of rotatable bonds is 4. The number of hydrogen-bond acceptors (Lipinski definition) is 3. The Labute approximate surface area is 131 Å². The third-order valence-electron chi connectivity index (χ3n) is 3.73. The molecule has 1 heterocycles. The molecule has 1 aromatic rings. The minimum Gasteiger partial charge on any atom is -0.334 e. The van der Waals surface area contributed by atoms with E-state index >= 15 is 0 Å². The molecular weight excluding hydrogens is 302 g/mol. The highest BCUT2D eigenvalue weighted by Crippen LogP contribution is 2.10. The van der Waals surface area contributed by atoms with Crippen molar-refractivity contribution < 1.29 is 13.2 Å². The van der Waals surface area contributed by atoms with Gasteiger partial charge in [0.05, 0.1) is 5.75 Å². The lowest BCUT2D eigenvalue weighted by molar-refractivity contribution is 0.199. The molecule has 2 amide bonds. The second-order valence-corrected chi connectivity index (χ2v) is 7.30. The zero-order valence-electron chi connectivity index (χ0n) is 12.6. The quantitative estimate of drug-likeness (QED) is 0.880. The van der Waals surface area contributed by atoms with Crippen LogP contribution in [-0.2, 0) is 22.3 Å². The van der Waals surface area contributed by atoms with Crippen LogP contribution in [0, 0.1) is 0 Å². The van der Waals surface area contributed by atoms with Crippen LogP contribution in [0.2, 0.25) is 0 Å². The lowest BCUT2D eigenvalue weighted by Gasteiger charge is -2.20. The average molecular weight is 325 g/mol. The van der Waals surface area contributed by atoms with Crippen molar-refractivity contribution in [3.8, 4) is 0 Å². The van der Waals surface area contributed by atoms with E-state index in [4.69, 9.17) is 5.14 Å². The maximum absolute atomic E-state index is 12.1. The Bertz CT molecular complexity index is 591. The molecule has 0 atom stereocenters. The largest absolute Gasteiger partial charge is 0.334 e. The van der Waals surface area contributed by atoms with Crippen LogP contribution >= 0.6 is 0 Å². The highest BCUT2D eigenvalue weighted by Gasteiger charge is 2.14. The first kappa shape index (κ1) is 16.8. The van der Waals surface area contributed by atoms with Gasteiger partial charge < -0.3 is 10.2 Å². The highest BCUT2D eigenvalue weighted by atomic mass is 32.2. The Balaban J connectivity index is 1.84. The van der Waals surface area contributed by atoms with Gasteiger partial charge in [-0.2, -0.15) is 0 Å². The summed E-state index contributed by atoms with van der Waals surface area (Å²) >= 11 is 0. The van der Waals surface area contributed by atoms with Crippen molar-refractivity contribution in [2.75, 3.05) is 13.1 Å². The van der Waals surface area contributed by atoms with E-state index in [-0.39, 0.29) is 11.8 Å². The zero-order chi connectivity index (χ0) is 16.0.